The third kappa shape index (κ3) is 6.28. The maximum Gasteiger partial charge on any atom is 0.123 e. The molecule has 0 bridgehead atoms. The highest BCUT2D eigenvalue weighted by Gasteiger charge is 2.17. The largest absolute Gasteiger partial charge is 0.369 e. The Bertz CT molecular complexity index is 660. The van der Waals surface area contributed by atoms with Gasteiger partial charge in [0, 0.05) is 51.8 Å². The predicted octanol–water partition coefficient (Wildman–Crippen LogP) is 4.18. The SMILES string of the molecule is Fc1ccc(C(OCCCN2CCN(CCCl)CC2)c2ccccc2)cc1. The van der Waals surface area contributed by atoms with Crippen molar-refractivity contribution >= 4 is 11.6 Å². The number of ether oxygens (including phenoxy) is 1. The molecular formula is C22H28ClFN2O. The van der Waals surface area contributed by atoms with E-state index in [0.717, 1.165) is 56.8 Å². The standard InChI is InChI=1S/C22H28ClFN2O/c23-11-13-26-16-14-25(15-17-26)12-4-18-27-22(19-5-2-1-3-6-19)20-7-9-21(24)10-8-20/h1-3,5-10,22H,4,11-18H2. The Morgan fingerprint density at radius 1 is 0.852 bits per heavy atom. The van der Waals surface area contributed by atoms with E-state index >= 15 is 0 Å². The zero-order chi connectivity index (χ0) is 18.9. The van der Waals surface area contributed by atoms with Crippen LogP contribution in [0, 0.1) is 5.82 Å². The summed E-state index contributed by atoms with van der Waals surface area (Å²) >= 11 is 5.82. The average molecular weight is 391 g/mol. The molecule has 1 heterocycles. The first-order valence-electron chi connectivity index (χ1n) is 9.69. The van der Waals surface area contributed by atoms with E-state index in [2.05, 4.69) is 21.9 Å². The molecule has 146 valence electrons. The van der Waals surface area contributed by atoms with Crippen molar-refractivity contribution in [1.29, 1.82) is 0 Å². The zero-order valence-electron chi connectivity index (χ0n) is 15.7. The molecule has 27 heavy (non-hydrogen) atoms. The van der Waals surface area contributed by atoms with Crippen LogP contribution in [0.25, 0.3) is 0 Å². The predicted molar refractivity (Wildman–Crippen MR) is 109 cm³/mol. The number of halogens is 2. The smallest absolute Gasteiger partial charge is 0.123 e. The van der Waals surface area contributed by atoms with Crippen LogP contribution in [0.15, 0.2) is 54.6 Å². The molecule has 1 saturated heterocycles. The summed E-state index contributed by atoms with van der Waals surface area (Å²) in [7, 11) is 0. The molecule has 0 radical (unpaired) electrons. The van der Waals surface area contributed by atoms with Gasteiger partial charge in [-0.1, -0.05) is 42.5 Å². The van der Waals surface area contributed by atoms with Crippen molar-refractivity contribution in [2.75, 3.05) is 51.8 Å². The molecule has 0 spiro atoms. The Hall–Kier alpha value is -1.46. The van der Waals surface area contributed by atoms with Crippen molar-refractivity contribution in [2.24, 2.45) is 0 Å². The zero-order valence-corrected chi connectivity index (χ0v) is 16.5. The maximum absolute atomic E-state index is 13.3. The molecule has 2 aromatic rings. The van der Waals surface area contributed by atoms with Crippen molar-refractivity contribution in [3.05, 3.63) is 71.5 Å². The Kier molecular flexibility index (Phi) is 8.09. The second kappa shape index (κ2) is 10.8. The van der Waals surface area contributed by atoms with Gasteiger partial charge >= 0.3 is 0 Å². The van der Waals surface area contributed by atoms with Crippen LogP contribution in [0.5, 0.6) is 0 Å². The summed E-state index contributed by atoms with van der Waals surface area (Å²) in [5, 5.41) is 0. The molecule has 3 nitrogen and oxygen atoms in total. The number of rotatable bonds is 9. The van der Waals surface area contributed by atoms with E-state index in [0.29, 0.717) is 12.5 Å². The van der Waals surface area contributed by atoms with Crippen LogP contribution in [-0.2, 0) is 4.74 Å². The topological polar surface area (TPSA) is 15.7 Å². The van der Waals surface area contributed by atoms with Gasteiger partial charge in [-0.05, 0) is 29.7 Å². The summed E-state index contributed by atoms with van der Waals surface area (Å²) in [5.74, 6) is 0.483. The number of alkyl halides is 1. The molecule has 3 rings (SSSR count). The molecule has 1 atom stereocenters. The average Bonchev–Trinajstić information content (AvgIpc) is 2.71. The van der Waals surface area contributed by atoms with Gasteiger partial charge in [0.25, 0.3) is 0 Å². The van der Waals surface area contributed by atoms with E-state index in [1.54, 1.807) is 0 Å². The van der Waals surface area contributed by atoms with E-state index in [-0.39, 0.29) is 11.9 Å². The van der Waals surface area contributed by atoms with Crippen LogP contribution < -0.4 is 0 Å². The minimum absolute atomic E-state index is 0.160. The highest BCUT2D eigenvalue weighted by Crippen LogP contribution is 2.26. The molecule has 0 N–H and O–H groups in total. The number of hydrogen-bond donors (Lipinski definition) is 0. The lowest BCUT2D eigenvalue weighted by atomic mass is 10.0. The van der Waals surface area contributed by atoms with E-state index in [1.807, 2.05) is 30.3 Å². The van der Waals surface area contributed by atoms with Crippen molar-refractivity contribution in [1.82, 2.24) is 9.80 Å². The van der Waals surface area contributed by atoms with Crippen LogP contribution in [0.4, 0.5) is 4.39 Å². The highest BCUT2D eigenvalue weighted by molar-refractivity contribution is 6.18. The fourth-order valence-corrected chi connectivity index (χ4v) is 3.73. The fourth-order valence-electron chi connectivity index (χ4n) is 3.50. The van der Waals surface area contributed by atoms with Crippen molar-refractivity contribution in [3.8, 4) is 0 Å². The van der Waals surface area contributed by atoms with Gasteiger partial charge < -0.3 is 9.64 Å². The monoisotopic (exact) mass is 390 g/mol. The molecular weight excluding hydrogens is 363 g/mol. The van der Waals surface area contributed by atoms with E-state index in [9.17, 15) is 4.39 Å². The first kappa shape index (κ1) is 20.3. The molecule has 1 aliphatic rings. The van der Waals surface area contributed by atoms with Crippen molar-refractivity contribution in [3.63, 3.8) is 0 Å². The van der Waals surface area contributed by atoms with Crippen LogP contribution in [0.3, 0.4) is 0 Å². The second-order valence-electron chi connectivity index (χ2n) is 6.94. The Labute approximate surface area is 166 Å². The van der Waals surface area contributed by atoms with Gasteiger partial charge in [0.15, 0.2) is 0 Å². The molecule has 0 saturated carbocycles. The number of nitrogens with zero attached hydrogens (tertiary/aromatic N) is 2. The molecule has 0 aromatic heterocycles. The van der Waals surface area contributed by atoms with E-state index in [1.165, 1.54) is 12.1 Å². The molecule has 1 unspecified atom stereocenters. The summed E-state index contributed by atoms with van der Waals surface area (Å²) in [6, 6.07) is 16.7. The van der Waals surface area contributed by atoms with Crippen LogP contribution in [0.2, 0.25) is 0 Å². The minimum atomic E-state index is -0.223. The Morgan fingerprint density at radius 3 is 2.07 bits per heavy atom. The maximum atomic E-state index is 13.3. The van der Waals surface area contributed by atoms with Crippen molar-refractivity contribution in [2.45, 2.75) is 12.5 Å². The molecule has 0 amide bonds. The van der Waals surface area contributed by atoms with E-state index in [4.69, 9.17) is 16.3 Å². The van der Waals surface area contributed by atoms with Gasteiger partial charge in [0.1, 0.15) is 11.9 Å². The van der Waals surface area contributed by atoms with Crippen LogP contribution in [0.1, 0.15) is 23.7 Å². The van der Waals surface area contributed by atoms with Crippen molar-refractivity contribution < 1.29 is 9.13 Å². The Morgan fingerprint density at radius 2 is 1.44 bits per heavy atom. The summed E-state index contributed by atoms with van der Waals surface area (Å²) < 4.78 is 19.5. The van der Waals surface area contributed by atoms with Gasteiger partial charge in [-0.25, -0.2) is 4.39 Å². The summed E-state index contributed by atoms with van der Waals surface area (Å²) in [6.45, 7) is 7.08. The second-order valence-corrected chi connectivity index (χ2v) is 7.32. The molecule has 1 fully saturated rings. The summed E-state index contributed by atoms with van der Waals surface area (Å²) in [5.41, 5.74) is 2.08. The molecule has 1 aliphatic heterocycles. The lowest BCUT2D eigenvalue weighted by Gasteiger charge is -2.34. The van der Waals surface area contributed by atoms with Crippen LogP contribution in [-0.4, -0.2) is 61.6 Å². The summed E-state index contributed by atoms with van der Waals surface area (Å²) in [6.07, 6.45) is 0.826. The lowest BCUT2D eigenvalue weighted by molar-refractivity contribution is 0.0650. The highest BCUT2D eigenvalue weighted by atomic mass is 35.5. The van der Waals surface area contributed by atoms with Gasteiger partial charge in [0.05, 0.1) is 0 Å². The fraction of sp³-hybridized carbons (Fsp3) is 0.455. The minimum Gasteiger partial charge on any atom is -0.369 e. The summed E-state index contributed by atoms with van der Waals surface area (Å²) in [4.78, 5) is 4.91. The van der Waals surface area contributed by atoms with Gasteiger partial charge in [-0.2, -0.15) is 0 Å². The number of piperazine rings is 1. The quantitative estimate of drug-likeness (QED) is 0.472. The Balaban J connectivity index is 1.49. The third-order valence-electron chi connectivity index (χ3n) is 5.04. The first-order chi connectivity index (χ1) is 13.3. The molecule has 5 heteroatoms. The third-order valence-corrected chi connectivity index (χ3v) is 5.21. The van der Waals surface area contributed by atoms with Gasteiger partial charge in [-0.3, -0.25) is 4.90 Å². The number of hydrogen-bond acceptors (Lipinski definition) is 3. The lowest BCUT2D eigenvalue weighted by Crippen LogP contribution is -2.47. The molecule has 0 aliphatic carbocycles. The van der Waals surface area contributed by atoms with Crippen LogP contribution >= 0.6 is 11.6 Å². The number of benzene rings is 2. The molecule has 2 aromatic carbocycles. The normalized spacial score (nSPS) is 17.1. The first-order valence-corrected chi connectivity index (χ1v) is 10.2. The van der Waals surface area contributed by atoms with Gasteiger partial charge in [0.2, 0.25) is 0 Å². The van der Waals surface area contributed by atoms with Gasteiger partial charge in [-0.15, -0.1) is 11.6 Å². The van der Waals surface area contributed by atoms with E-state index < -0.39 is 0 Å².